The predicted molar refractivity (Wildman–Crippen MR) is 201 cm³/mol. The summed E-state index contributed by atoms with van der Waals surface area (Å²) >= 11 is 0. The Hall–Kier alpha value is -6.00. The quantitative estimate of drug-likeness (QED) is 0.182. The van der Waals surface area contributed by atoms with Gasteiger partial charge >= 0.3 is 0 Å². The fourth-order valence-corrected chi connectivity index (χ4v) is 6.84. The summed E-state index contributed by atoms with van der Waals surface area (Å²) in [4.78, 5) is 18.3. The molecule has 0 saturated carbocycles. The zero-order valence-electron chi connectivity index (χ0n) is 26.4. The average molecular weight is 678 g/mol. The van der Waals surface area contributed by atoms with Gasteiger partial charge in [0.25, 0.3) is 0 Å². The molecule has 1 radical (unpaired) electrons. The van der Waals surface area contributed by atoms with Crippen molar-refractivity contribution in [1.82, 2.24) is 19.9 Å². The number of H-pyrrole nitrogens is 2. The van der Waals surface area contributed by atoms with Crippen molar-refractivity contribution in [3.05, 3.63) is 168 Å². The Morgan fingerprint density at radius 2 is 0.510 bits per heavy atom. The van der Waals surface area contributed by atoms with Crippen molar-refractivity contribution in [2.75, 3.05) is 0 Å². The maximum absolute atomic E-state index is 5.35. The summed E-state index contributed by atoms with van der Waals surface area (Å²) in [6, 6.07) is 50.7. The Morgan fingerprint density at radius 3 is 0.735 bits per heavy atom. The van der Waals surface area contributed by atoms with E-state index < -0.39 is 0 Å². The molecule has 0 saturated heterocycles. The molecule has 8 bridgehead atoms. The Bertz CT molecular complexity index is 2180. The van der Waals surface area contributed by atoms with Crippen LogP contribution in [0.15, 0.2) is 146 Å². The molecule has 7 aromatic rings. The number of aromatic nitrogens is 4. The van der Waals surface area contributed by atoms with Gasteiger partial charge in [0.15, 0.2) is 0 Å². The van der Waals surface area contributed by atoms with Crippen molar-refractivity contribution in [3.8, 4) is 44.5 Å². The zero-order valence-corrected chi connectivity index (χ0v) is 27.3. The number of nitrogens with one attached hydrogen (secondary N) is 2. The molecule has 5 heterocycles. The van der Waals surface area contributed by atoms with Crippen LogP contribution in [0.1, 0.15) is 22.8 Å². The van der Waals surface area contributed by atoms with Crippen LogP contribution < -0.4 is 0 Å². The molecule has 0 aliphatic carbocycles. The van der Waals surface area contributed by atoms with E-state index in [0.29, 0.717) is 0 Å². The van der Waals surface area contributed by atoms with Crippen molar-refractivity contribution in [3.63, 3.8) is 0 Å². The molecule has 4 nitrogen and oxygen atoms in total. The van der Waals surface area contributed by atoms with Gasteiger partial charge in [0, 0.05) is 61.4 Å². The molecule has 9 rings (SSSR count). The van der Waals surface area contributed by atoms with Gasteiger partial charge in [-0.2, -0.15) is 0 Å². The zero-order chi connectivity index (χ0) is 31.9. The van der Waals surface area contributed by atoms with Crippen LogP contribution in [0.5, 0.6) is 0 Å². The third-order valence-electron chi connectivity index (χ3n) is 9.00. The summed E-state index contributed by atoms with van der Waals surface area (Å²) in [5.74, 6) is 0. The molecule has 2 aliphatic rings. The molecule has 0 amide bonds. The maximum atomic E-state index is 5.35. The number of rotatable bonds is 4. The normalized spacial score (nSPS) is 11.8. The summed E-state index contributed by atoms with van der Waals surface area (Å²) in [7, 11) is 0. The van der Waals surface area contributed by atoms with E-state index in [1.54, 1.807) is 0 Å². The van der Waals surface area contributed by atoms with Crippen molar-refractivity contribution < 1.29 is 17.1 Å². The van der Waals surface area contributed by atoms with E-state index in [-0.39, 0.29) is 17.1 Å². The molecular weight excluding hydrogens is 648 g/mol. The number of fused-ring (bicyclic) bond motifs is 8. The summed E-state index contributed by atoms with van der Waals surface area (Å²) in [6.45, 7) is 0. The van der Waals surface area contributed by atoms with Crippen LogP contribution in [0, 0.1) is 0 Å². The minimum atomic E-state index is 0. The van der Waals surface area contributed by atoms with Gasteiger partial charge in [-0.15, -0.1) is 0 Å². The van der Waals surface area contributed by atoms with Crippen LogP contribution >= 0.6 is 0 Å². The van der Waals surface area contributed by atoms with E-state index in [1.165, 1.54) is 0 Å². The van der Waals surface area contributed by atoms with E-state index in [2.05, 4.69) is 156 Å². The minimum Gasteiger partial charge on any atom is -0.354 e. The second-order valence-electron chi connectivity index (χ2n) is 12.0. The van der Waals surface area contributed by atoms with Gasteiger partial charge in [-0.05, 0) is 70.8 Å². The molecule has 3 aromatic heterocycles. The largest absolute Gasteiger partial charge is 0.354 e. The molecule has 4 aromatic carbocycles. The van der Waals surface area contributed by atoms with Crippen LogP contribution in [0.3, 0.4) is 0 Å². The molecule has 0 atom stereocenters. The van der Waals surface area contributed by atoms with Crippen LogP contribution in [0.2, 0.25) is 0 Å². The number of hydrogen-bond acceptors (Lipinski definition) is 2. The predicted octanol–water partition coefficient (Wildman–Crippen LogP) is 11.3. The Morgan fingerprint density at radius 1 is 0.286 bits per heavy atom. The summed E-state index contributed by atoms with van der Waals surface area (Å²) < 4.78 is 0. The monoisotopic (exact) mass is 677 g/mol. The van der Waals surface area contributed by atoms with Crippen molar-refractivity contribution in [1.29, 1.82) is 0 Å². The van der Waals surface area contributed by atoms with Crippen LogP contribution in [0.4, 0.5) is 0 Å². The molecule has 2 aliphatic heterocycles. The summed E-state index contributed by atoms with van der Waals surface area (Å²) in [6.07, 6.45) is 8.54. The van der Waals surface area contributed by atoms with Crippen LogP contribution in [-0.4, -0.2) is 19.9 Å². The average Bonchev–Trinajstić information content (AvgIpc) is 3.98. The van der Waals surface area contributed by atoms with Crippen LogP contribution in [-0.2, 0) is 17.1 Å². The summed E-state index contributed by atoms with van der Waals surface area (Å²) in [5, 5.41) is 0. The van der Waals surface area contributed by atoms with E-state index in [9.17, 15) is 0 Å². The summed E-state index contributed by atoms with van der Waals surface area (Å²) in [5.41, 5.74) is 16.2. The SMILES string of the molecule is C1=Cc2nc1c(-c1ccccc1)c1ccc([nH]1)c(-c1ccccc1)c1nc(c(-c3ccccc3)c3ccc([nH]3)c2-c2ccccc2)C=C1.[Cu]. The Kier molecular flexibility index (Phi) is 7.98. The van der Waals surface area contributed by atoms with Gasteiger partial charge < -0.3 is 9.97 Å². The first-order chi connectivity index (χ1) is 23.8. The third kappa shape index (κ3) is 5.55. The van der Waals surface area contributed by atoms with E-state index in [4.69, 9.17) is 9.97 Å². The molecule has 0 spiro atoms. The van der Waals surface area contributed by atoms with E-state index in [0.717, 1.165) is 89.4 Å². The van der Waals surface area contributed by atoms with Crippen LogP contribution in [0.25, 0.3) is 90.9 Å². The number of nitrogens with zero attached hydrogens (tertiary/aromatic N) is 2. The van der Waals surface area contributed by atoms with Gasteiger partial charge in [0.2, 0.25) is 0 Å². The molecule has 2 N–H and O–H groups in total. The van der Waals surface area contributed by atoms with Crippen molar-refractivity contribution in [2.24, 2.45) is 0 Å². The van der Waals surface area contributed by atoms with Gasteiger partial charge in [-0.1, -0.05) is 121 Å². The molecule has 49 heavy (non-hydrogen) atoms. The van der Waals surface area contributed by atoms with Crippen molar-refractivity contribution in [2.45, 2.75) is 0 Å². The van der Waals surface area contributed by atoms with E-state index in [1.807, 2.05) is 24.3 Å². The van der Waals surface area contributed by atoms with Crippen molar-refractivity contribution >= 4 is 46.4 Å². The van der Waals surface area contributed by atoms with Gasteiger partial charge in [0.05, 0.1) is 22.8 Å². The first kappa shape index (κ1) is 30.3. The molecule has 0 unspecified atom stereocenters. The Labute approximate surface area is 295 Å². The number of hydrogen-bond donors (Lipinski definition) is 2. The standard InChI is InChI=1S/C44H30N4.Cu/c1-5-13-29(14-6-1)41-33-21-23-35(45-33)42(30-15-7-2-8-16-30)37-25-27-39(47-37)44(32-19-11-4-12-20-32)40-28-26-38(48-40)43(31-17-9-3-10-18-31)36-24-22-34(41)46-36;/h1-28,45,48H;. The minimum absolute atomic E-state index is 0. The van der Waals surface area contributed by atoms with Gasteiger partial charge in [0.1, 0.15) is 0 Å². The molecule has 0 fully saturated rings. The molecule has 5 heteroatoms. The van der Waals surface area contributed by atoms with E-state index >= 15 is 0 Å². The van der Waals surface area contributed by atoms with Gasteiger partial charge in [-0.25, -0.2) is 9.97 Å². The third-order valence-corrected chi connectivity index (χ3v) is 9.00. The fourth-order valence-electron chi connectivity index (χ4n) is 6.84. The first-order valence-electron chi connectivity index (χ1n) is 16.2. The smallest absolute Gasteiger partial charge is 0.0737 e. The second-order valence-corrected chi connectivity index (χ2v) is 12.0. The maximum Gasteiger partial charge on any atom is 0.0737 e. The molecular formula is C44H30CuN4. The Balaban J connectivity index is 0.00000348. The topological polar surface area (TPSA) is 57.4 Å². The molecule has 237 valence electrons. The van der Waals surface area contributed by atoms with Gasteiger partial charge in [-0.3, -0.25) is 0 Å². The first-order valence-corrected chi connectivity index (χ1v) is 16.2. The number of aromatic amines is 2. The second kappa shape index (κ2) is 12.9. The number of benzene rings is 4. The fraction of sp³-hybridized carbons (Fsp3) is 0.